The van der Waals surface area contributed by atoms with Gasteiger partial charge in [-0.3, -0.25) is 4.79 Å². The second kappa shape index (κ2) is 9.47. The second-order valence-corrected chi connectivity index (χ2v) is 4.95. The van der Waals surface area contributed by atoms with E-state index in [4.69, 9.17) is 21.1 Å². The number of hydrogen-bond donors (Lipinski definition) is 2. The predicted molar refractivity (Wildman–Crippen MR) is 84.2 cm³/mol. The zero-order valence-electron chi connectivity index (χ0n) is 12.8. The highest BCUT2D eigenvalue weighted by atomic mass is 35.5. The number of benzene rings is 1. The highest BCUT2D eigenvalue weighted by Crippen LogP contribution is 2.34. The highest BCUT2D eigenvalue weighted by Gasteiger charge is 2.14. The van der Waals surface area contributed by atoms with Gasteiger partial charge in [0.15, 0.2) is 18.1 Å². The number of methoxy groups -OCH3 is 1. The molecule has 0 aromatic heterocycles. The van der Waals surface area contributed by atoms with Crippen LogP contribution >= 0.6 is 11.6 Å². The molecular formula is C15H23ClN2O3. The predicted octanol–water partition coefficient (Wildman–Crippen LogP) is 2.36. The van der Waals surface area contributed by atoms with Crippen molar-refractivity contribution in [1.82, 2.24) is 10.6 Å². The molecule has 6 heteroatoms. The Morgan fingerprint density at radius 1 is 1.33 bits per heavy atom. The lowest BCUT2D eigenvalue weighted by atomic mass is 10.1. The monoisotopic (exact) mass is 314 g/mol. The third-order valence-electron chi connectivity index (χ3n) is 2.78. The van der Waals surface area contributed by atoms with E-state index in [1.807, 2.05) is 13.0 Å². The first-order valence-corrected chi connectivity index (χ1v) is 7.46. The van der Waals surface area contributed by atoms with Gasteiger partial charge in [-0.15, -0.1) is 0 Å². The van der Waals surface area contributed by atoms with E-state index in [0.717, 1.165) is 18.5 Å². The van der Waals surface area contributed by atoms with Crippen molar-refractivity contribution in [3.63, 3.8) is 0 Å². The zero-order valence-corrected chi connectivity index (χ0v) is 13.5. The fourth-order valence-electron chi connectivity index (χ4n) is 1.86. The number of likely N-dealkylation sites (N-methyl/N-ethyl adjacent to an activating group) is 1. The fourth-order valence-corrected chi connectivity index (χ4v) is 2.09. The molecule has 0 saturated heterocycles. The SMILES string of the molecule is CCCNCc1cc(Cl)cc(OC)c1OCC(=O)NCC. The Morgan fingerprint density at radius 3 is 2.71 bits per heavy atom. The van der Waals surface area contributed by atoms with Crippen LogP contribution in [0.2, 0.25) is 5.02 Å². The average Bonchev–Trinajstić information content (AvgIpc) is 2.46. The molecule has 0 aliphatic heterocycles. The summed E-state index contributed by atoms with van der Waals surface area (Å²) >= 11 is 6.08. The summed E-state index contributed by atoms with van der Waals surface area (Å²) in [5.74, 6) is 0.916. The Hall–Kier alpha value is -1.46. The largest absolute Gasteiger partial charge is 0.493 e. The summed E-state index contributed by atoms with van der Waals surface area (Å²) in [6.45, 7) is 5.98. The van der Waals surface area contributed by atoms with Gasteiger partial charge in [0, 0.05) is 29.7 Å². The van der Waals surface area contributed by atoms with Gasteiger partial charge in [-0.2, -0.15) is 0 Å². The van der Waals surface area contributed by atoms with Crippen LogP contribution < -0.4 is 20.1 Å². The summed E-state index contributed by atoms with van der Waals surface area (Å²) in [6, 6.07) is 3.50. The molecular weight excluding hydrogens is 292 g/mol. The minimum Gasteiger partial charge on any atom is -0.493 e. The second-order valence-electron chi connectivity index (χ2n) is 4.52. The van der Waals surface area contributed by atoms with Crippen LogP contribution in [0, 0.1) is 0 Å². The molecule has 0 unspecified atom stereocenters. The third-order valence-corrected chi connectivity index (χ3v) is 3.00. The quantitative estimate of drug-likeness (QED) is 0.687. The van der Waals surface area contributed by atoms with Crippen LogP contribution in [0.25, 0.3) is 0 Å². The van der Waals surface area contributed by atoms with E-state index >= 15 is 0 Å². The number of halogens is 1. The fraction of sp³-hybridized carbons (Fsp3) is 0.533. The Balaban J connectivity index is 2.88. The van der Waals surface area contributed by atoms with Crippen molar-refractivity contribution in [2.75, 3.05) is 26.8 Å². The van der Waals surface area contributed by atoms with Gasteiger partial charge in [-0.25, -0.2) is 0 Å². The van der Waals surface area contributed by atoms with E-state index in [-0.39, 0.29) is 12.5 Å². The lowest BCUT2D eigenvalue weighted by Crippen LogP contribution is -2.28. The van der Waals surface area contributed by atoms with Gasteiger partial charge in [0.2, 0.25) is 0 Å². The van der Waals surface area contributed by atoms with E-state index < -0.39 is 0 Å². The first-order valence-electron chi connectivity index (χ1n) is 7.08. The first kappa shape index (κ1) is 17.6. The smallest absolute Gasteiger partial charge is 0.257 e. The summed E-state index contributed by atoms with van der Waals surface area (Å²) in [5.41, 5.74) is 0.872. The van der Waals surface area contributed by atoms with Crippen molar-refractivity contribution in [1.29, 1.82) is 0 Å². The lowest BCUT2D eigenvalue weighted by molar-refractivity contribution is -0.123. The number of amides is 1. The van der Waals surface area contributed by atoms with Crippen LogP contribution in [0.4, 0.5) is 0 Å². The molecule has 1 aromatic carbocycles. The molecule has 5 nitrogen and oxygen atoms in total. The van der Waals surface area contributed by atoms with E-state index in [1.165, 1.54) is 0 Å². The van der Waals surface area contributed by atoms with Crippen LogP contribution in [0.3, 0.4) is 0 Å². The number of carbonyl (C=O) groups is 1. The number of hydrogen-bond acceptors (Lipinski definition) is 4. The van der Waals surface area contributed by atoms with Gasteiger partial charge in [0.25, 0.3) is 5.91 Å². The van der Waals surface area contributed by atoms with E-state index in [2.05, 4.69) is 17.6 Å². The third kappa shape index (κ3) is 5.81. The van der Waals surface area contributed by atoms with Crippen molar-refractivity contribution >= 4 is 17.5 Å². The van der Waals surface area contributed by atoms with Crippen LogP contribution in [0.15, 0.2) is 12.1 Å². The molecule has 0 atom stereocenters. The Labute approximate surface area is 131 Å². The molecule has 0 spiro atoms. The molecule has 0 aliphatic carbocycles. The van der Waals surface area contributed by atoms with Crippen molar-refractivity contribution in [3.05, 3.63) is 22.7 Å². The molecule has 0 radical (unpaired) electrons. The topological polar surface area (TPSA) is 59.6 Å². The van der Waals surface area contributed by atoms with Crippen LogP contribution in [0.1, 0.15) is 25.8 Å². The maximum absolute atomic E-state index is 11.5. The van der Waals surface area contributed by atoms with Crippen molar-refractivity contribution in [3.8, 4) is 11.5 Å². The van der Waals surface area contributed by atoms with E-state index in [9.17, 15) is 4.79 Å². The van der Waals surface area contributed by atoms with Gasteiger partial charge in [0.05, 0.1) is 7.11 Å². The molecule has 1 rings (SSSR count). The van der Waals surface area contributed by atoms with Gasteiger partial charge in [-0.1, -0.05) is 18.5 Å². The molecule has 0 fully saturated rings. The highest BCUT2D eigenvalue weighted by molar-refractivity contribution is 6.30. The minimum absolute atomic E-state index is 0.0490. The maximum Gasteiger partial charge on any atom is 0.257 e. The van der Waals surface area contributed by atoms with Gasteiger partial charge in [-0.05, 0) is 26.0 Å². The number of ether oxygens (including phenoxy) is 2. The zero-order chi connectivity index (χ0) is 15.7. The summed E-state index contributed by atoms with van der Waals surface area (Å²) in [5, 5.41) is 6.55. The van der Waals surface area contributed by atoms with Crippen LogP contribution in [0.5, 0.6) is 11.5 Å². The maximum atomic E-state index is 11.5. The molecule has 118 valence electrons. The average molecular weight is 315 g/mol. The summed E-state index contributed by atoms with van der Waals surface area (Å²) in [7, 11) is 1.55. The number of rotatable bonds is 9. The number of nitrogens with one attached hydrogen (secondary N) is 2. The molecule has 1 aromatic rings. The van der Waals surface area contributed by atoms with Crippen molar-refractivity contribution in [2.24, 2.45) is 0 Å². The minimum atomic E-state index is -0.165. The van der Waals surface area contributed by atoms with Crippen molar-refractivity contribution < 1.29 is 14.3 Å². The van der Waals surface area contributed by atoms with Gasteiger partial charge >= 0.3 is 0 Å². The van der Waals surface area contributed by atoms with Crippen LogP contribution in [-0.2, 0) is 11.3 Å². The summed E-state index contributed by atoms with van der Waals surface area (Å²) < 4.78 is 10.9. The normalized spacial score (nSPS) is 10.3. The lowest BCUT2D eigenvalue weighted by Gasteiger charge is -2.16. The van der Waals surface area contributed by atoms with Gasteiger partial charge in [0.1, 0.15) is 0 Å². The standard InChI is InChI=1S/C15H23ClN2O3/c1-4-6-17-9-11-7-12(16)8-13(20-3)15(11)21-10-14(19)18-5-2/h7-8,17H,4-6,9-10H2,1-3H3,(H,18,19). The first-order chi connectivity index (χ1) is 10.1. The summed E-state index contributed by atoms with van der Waals surface area (Å²) in [4.78, 5) is 11.5. The molecule has 1 amide bonds. The van der Waals surface area contributed by atoms with E-state index in [1.54, 1.807) is 13.2 Å². The Kier molecular flexibility index (Phi) is 7.93. The van der Waals surface area contributed by atoms with E-state index in [0.29, 0.717) is 29.6 Å². The Morgan fingerprint density at radius 2 is 2.10 bits per heavy atom. The molecule has 0 aliphatic rings. The molecule has 0 heterocycles. The molecule has 0 saturated carbocycles. The number of carbonyl (C=O) groups excluding carboxylic acids is 1. The van der Waals surface area contributed by atoms with Crippen molar-refractivity contribution in [2.45, 2.75) is 26.8 Å². The molecule has 2 N–H and O–H groups in total. The van der Waals surface area contributed by atoms with Crippen LogP contribution in [-0.4, -0.2) is 32.7 Å². The molecule has 0 bridgehead atoms. The Bertz CT molecular complexity index is 466. The summed E-state index contributed by atoms with van der Waals surface area (Å²) in [6.07, 6.45) is 1.03. The van der Waals surface area contributed by atoms with Gasteiger partial charge < -0.3 is 20.1 Å². The molecule has 21 heavy (non-hydrogen) atoms.